The summed E-state index contributed by atoms with van der Waals surface area (Å²) in [5.41, 5.74) is 0.0552. The van der Waals surface area contributed by atoms with Crippen molar-refractivity contribution >= 4 is 11.8 Å². The summed E-state index contributed by atoms with van der Waals surface area (Å²) in [5.74, 6) is 2.31. The number of hydrogen-bond acceptors (Lipinski definition) is 3. The van der Waals surface area contributed by atoms with E-state index in [0.717, 1.165) is 12.2 Å². The number of rotatable bonds is 3. The molecule has 0 aromatic heterocycles. The standard InChI is InChI=1S/C12H23NOS/c14-9-12(7-8-15-10-12)13-11-5-3-1-2-4-6-11/h11,13-14H,1-10H2. The minimum Gasteiger partial charge on any atom is -0.394 e. The Hall–Kier alpha value is 0.270. The maximum atomic E-state index is 9.54. The average Bonchev–Trinajstić information content (AvgIpc) is 2.57. The lowest BCUT2D eigenvalue weighted by Gasteiger charge is -2.32. The lowest BCUT2D eigenvalue weighted by molar-refractivity contribution is 0.162. The predicted octanol–water partition coefficient (Wildman–Crippen LogP) is 2.17. The quantitative estimate of drug-likeness (QED) is 0.728. The Kier molecular flexibility index (Phi) is 4.35. The van der Waals surface area contributed by atoms with Crippen LogP contribution in [0.15, 0.2) is 0 Å². The normalized spacial score (nSPS) is 34.2. The van der Waals surface area contributed by atoms with Gasteiger partial charge in [0.1, 0.15) is 0 Å². The van der Waals surface area contributed by atoms with Gasteiger partial charge in [0.2, 0.25) is 0 Å². The Morgan fingerprint density at radius 2 is 1.93 bits per heavy atom. The van der Waals surface area contributed by atoms with Crippen molar-refractivity contribution in [3.63, 3.8) is 0 Å². The molecule has 1 heterocycles. The highest BCUT2D eigenvalue weighted by Gasteiger charge is 2.35. The molecule has 2 rings (SSSR count). The van der Waals surface area contributed by atoms with Gasteiger partial charge in [0.15, 0.2) is 0 Å². The molecule has 2 N–H and O–H groups in total. The van der Waals surface area contributed by atoms with Gasteiger partial charge < -0.3 is 10.4 Å². The monoisotopic (exact) mass is 229 g/mol. The van der Waals surface area contributed by atoms with E-state index in [1.165, 1.54) is 44.3 Å². The van der Waals surface area contributed by atoms with E-state index in [2.05, 4.69) is 5.32 Å². The molecule has 1 saturated carbocycles. The van der Waals surface area contributed by atoms with Crippen molar-refractivity contribution in [2.45, 2.75) is 56.5 Å². The van der Waals surface area contributed by atoms with E-state index in [-0.39, 0.29) is 5.54 Å². The van der Waals surface area contributed by atoms with Gasteiger partial charge in [-0.05, 0) is 25.0 Å². The van der Waals surface area contributed by atoms with Crippen LogP contribution < -0.4 is 5.32 Å². The molecular weight excluding hydrogens is 206 g/mol. The van der Waals surface area contributed by atoms with Crippen LogP contribution in [-0.2, 0) is 0 Å². The van der Waals surface area contributed by atoms with Crippen LogP contribution >= 0.6 is 11.8 Å². The number of aliphatic hydroxyl groups excluding tert-OH is 1. The zero-order chi connectivity index (χ0) is 10.6. The maximum absolute atomic E-state index is 9.54. The molecule has 2 aliphatic rings. The van der Waals surface area contributed by atoms with Crippen LogP contribution in [0.3, 0.4) is 0 Å². The van der Waals surface area contributed by atoms with Gasteiger partial charge in [-0.1, -0.05) is 25.7 Å². The summed E-state index contributed by atoms with van der Waals surface area (Å²) < 4.78 is 0. The minimum atomic E-state index is 0.0552. The number of thioether (sulfide) groups is 1. The van der Waals surface area contributed by atoms with Crippen molar-refractivity contribution in [3.8, 4) is 0 Å². The molecular formula is C12H23NOS. The van der Waals surface area contributed by atoms with E-state index in [4.69, 9.17) is 0 Å². The highest BCUT2D eigenvalue weighted by atomic mass is 32.2. The first kappa shape index (κ1) is 11.7. The molecule has 0 aromatic carbocycles. The van der Waals surface area contributed by atoms with Crippen molar-refractivity contribution in [1.82, 2.24) is 5.32 Å². The summed E-state index contributed by atoms with van der Waals surface area (Å²) in [6.45, 7) is 0.316. The summed E-state index contributed by atoms with van der Waals surface area (Å²) in [7, 11) is 0. The second-order valence-electron chi connectivity index (χ2n) is 5.07. The second kappa shape index (κ2) is 5.55. The van der Waals surface area contributed by atoms with Crippen molar-refractivity contribution < 1.29 is 5.11 Å². The van der Waals surface area contributed by atoms with Gasteiger partial charge in [-0.25, -0.2) is 0 Å². The second-order valence-corrected chi connectivity index (χ2v) is 6.18. The summed E-state index contributed by atoms with van der Waals surface area (Å²) >= 11 is 1.98. The van der Waals surface area contributed by atoms with Gasteiger partial charge in [0.25, 0.3) is 0 Å². The first-order valence-corrected chi connectivity index (χ1v) is 7.46. The molecule has 1 saturated heterocycles. The molecule has 0 aromatic rings. The molecule has 0 spiro atoms. The smallest absolute Gasteiger partial charge is 0.0621 e. The van der Waals surface area contributed by atoms with Gasteiger partial charge in [0, 0.05) is 11.8 Å². The Balaban J connectivity index is 1.87. The fourth-order valence-corrected chi connectivity index (χ4v) is 4.14. The van der Waals surface area contributed by atoms with E-state index in [1.807, 2.05) is 11.8 Å². The molecule has 3 heteroatoms. The molecule has 1 atom stereocenters. The molecule has 0 bridgehead atoms. The predicted molar refractivity (Wildman–Crippen MR) is 66.4 cm³/mol. The zero-order valence-corrected chi connectivity index (χ0v) is 10.3. The number of aliphatic hydroxyl groups is 1. The van der Waals surface area contributed by atoms with Gasteiger partial charge in [-0.2, -0.15) is 11.8 Å². The molecule has 0 radical (unpaired) electrons. The third-order valence-corrected chi connectivity index (χ3v) is 5.02. The third kappa shape index (κ3) is 3.11. The van der Waals surface area contributed by atoms with Crippen LogP contribution in [0.1, 0.15) is 44.9 Å². The van der Waals surface area contributed by atoms with Crippen LogP contribution in [0.4, 0.5) is 0 Å². The van der Waals surface area contributed by atoms with Crippen molar-refractivity contribution in [2.24, 2.45) is 0 Å². The van der Waals surface area contributed by atoms with Crippen LogP contribution in [0, 0.1) is 0 Å². The highest BCUT2D eigenvalue weighted by molar-refractivity contribution is 7.99. The summed E-state index contributed by atoms with van der Waals surface area (Å²) in [5, 5.41) is 13.3. The van der Waals surface area contributed by atoms with E-state index < -0.39 is 0 Å². The lowest BCUT2D eigenvalue weighted by atomic mass is 9.96. The topological polar surface area (TPSA) is 32.3 Å². The molecule has 1 aliphatic heterocycles. The van der Waals surface area contributed by atoms with Crippen LogP contribution in [0.2, 0.25) is 0 Å². The van der Waals surface area contributed by atoms with Gasteiger partial charge in [0.05, 0.1) is 12.1 Å². The summed E-state index contributed by atoms with van der Waals surface area (Å²) in [6, 6.07) is 0.665. The van der Waals surface area contributed by atoms with E-state index >= 15 is 0 Å². The fourth-order valence-electron chi connectivity index (χ4n) is 2.75. The third-order valence-electron chi connectivity index (χ3n) is 3.77. The zero-order valence-electron chi connectivity index (χ0n) is 9.50. The molecule has 88 valence electrons. The Bertz CT molecular complexity index is 184. The van der Waals surface area contributed by atoms with Crippen molar-refractivity contribution in [1.29, 1.82) is 0 Å². The lowest BCUT2D eigenvalue weighted by Crippen LogP contribution is -2.53. The van der Waals surface area contributed by atoms with Crippen LogP contribution in [-0.4, -0.2) is 34.8 Å². The van der Waals surface area contributed by atoms with Crippen molar-refractivity contribution in [3.05, 3.63) is 0 Å². The van der Waals surface area contributed by atoms with E-state index in [1.54, 1.807) is 0 Å². The average molecular weight is 229 g/mol. The SMILES string of the molecule is OCC1(NC2CCCCCC2)CCSC1. The summed E-state index contributed by atoms with van der Waals surface area (Å²) in [4.78, 5) is 0. The minimum absolute atomic E-state index is 0.0552. The largest absolute Gasteiger partial charge is 0.394 e. The Morgan fingerprint density at radius 3 is 2.47 bits per heavy atom. The first-order chi connectivity index (χ1) is 7.35. The molecule has 2 nitrogen and oxygen atoms in total. The van der Waals surface area contributed by atoms with Gasteiger partial charge >= 0.3 is 0 Å². The van der Waals surface area contributed by atoms with Crippen molar-refractivity contribution in [2.75, 3.05) is 18.1 Å². The highest BCUT2D eigenvalue weighted by Crippen LogP contribution is 2.29. The molecule has 2 fully saturated rings. The van der Waals surface area contributed by atoms with Crippen LogP contribution in [0.25, 0.3) is 0 Å². The molecule has 1 aliphatic carbocycles. The fraction of sp³-hybridized carbons (Fsp3) is 1.00. The molecule has 0 amide bonds. The number of hydrogen-bond donors (Lipinski definition) is 2. The summed E-state index contributed by atoms with van der Waals surface area (Å²) in [6.07, 6.45) is 9.31. The molecule has 15 heavy (non-hydrogen) atoms. The van der Waals surface area contributed by atoms with E-state index in [9.17, 15) is 5.11 Å². The Morgan fingerprint density at radius 1 is 1.20 bits per heavy atom. The van der Waals surface area contributed by atoms with Crippen LogP contribution in [0.5, 0.6) is 0 Å². The maximum Gasteiger partial charge on any atom is 0.0621 e. The van der Waals surface area contributed by atoms with Gasteiger partial charge in [-0.3, -0.25) is 0 Å². The Labute approximate surface area is 97.2 Å². The van der Waals surface area contributed by atoms with E-state index in [0.29, 0.717) is 12.6 Å². The first-order valence-electron chi connectivity index (χ1n) is 6.31. The number of nitrogens with one attached hydrogen (secondary N) is 1. The van der Waals surface area contributed by atoms with Gasteiger partial charge in [-0.15, -0.1) is 0 Å². The molecule has 1 unspecified atom stereocenters.